The summed E-state index contributed by atoms with van der Waals surface area (Å²) in [5.74, 6) is 0.269. The number of nitrogens with zero attached hydrogens (tertiary/aromatic N) is 3. The van der Waals surface area contributed by atoms with Crippen LogP contribution in [-0.4, -0.2) is 20.7 Å². The van der Waals surface area contributed by atoms with E-state index in [4.69, 9.17) is 5.73 Å². The lowest BCUT2D eigenvalue weighted by molar-refractivity contribution is -0.116. The number of rotatable bonds is 3. The number of nitrogens with two attached hydrogens (primary N) is 1. The van der Waals surface area contributed by atoms with Crippen LogP contribution in [0.2, 0.25) is 0 Å². The zero-order valence-electron chi connectivity index (χ0n) is 8.80. The lowest BCUT2D eigenvalue weighted by Crippen LogP contribution is -2.19. The molecule has 0 fully saturated rings. The van der Waals surface area contributed by atoms with Gasteiger partial charge in [-0.1, -0.05) is 0 Å². The van der Waals surface area contributed by atoms with Gasteiger partial charge in [0.15, 0.2) is 0 Å². The van der Waals surface area contributed by atoms with Crippen molar-refractivity contribution in [3.8, 4) is 0 Å². The van der Waals surface area contributed by atoms with Crippen molar-refractivity contribution >= 4 is 33.3 Å². The third-order valence-corrected chi connectivity index (χ3v) is 2.62. The van der Waals surface area contributed by atoms with Gasteiger partial charge < -0.3 is 11.1 Å². The van der Waals surface area contributed by atoms with Gasteiger partial charge in [-0.25, -0.2) is 4.98 Å². The average Bonchev–Trinajstić information content (AvgIpc) is 2.67. The van der Waals surface area contributed by atoms with Crippen molar-refractivity contribution in [3.63, 3.8) is 0 Å². The molecule has 0 aromatic carbocycles. The van der Waals surface area contributed by atoms with Crippen LogP contribution in [0.5, 0.6) is 0 Å². The second kappa shape index (κ2) is 4.96. The number of carbonyl (C=O) groups excluding carboxylic acids is 1. The van der Waals surface area contributed by atoms with E-state index in [9.17, 15) is 4.79 Å². The van der Waals surface area contributed by atoms with Gasteiger partial charge in [-0.2, -0.15) is 5.10 Å². The molecule has 0 saturated carbocycles. The summed E-state index contributed by atoms with van der Waals surface area (Å²) in [5.41, 5.74) is 6.02. The highest BCUT2D eigenvalue weighted by Crippen LogP contribution is 2.18. The molecule has 2 heterocycles. The van der Waals surface area contributed by atoms with E-state index in [1.807, 2.05) is 0 Å². The van der Waals surface area contributed by atoms with Crippen molar-refractivity contribution in [1.29, 1.82) is 0 Å². The van der Waals surface area contributed by atoms with Crippen LogP contribution in [-0.2, 0) is 11.3 Å². The summed E-state index contributed by atoms with van der Waals surface area (Å²) >= 11 is 3.29. The van der Waals surface area contributed by atoms with E-state index in [1.165, 1.54) is 10.9 Å². The lowest BCUT2D eigenvalue weighted by Gasteiger charge is -2.05. The maximum absolute atomic E-state index is 11.7. The highest BCUT2D eigenvalue weighted by Gasteiger charge is 2.07. The first-order chi connectivity index (χ1) is 8.15. The van der Waals surface area contributed by atoms with Crippen LogP contribution in [0.25, 0.3) is 0 Å². The third kappa shape index (κ3) is 3.04. The number of carbonyl (C=O) groups is 1. The molecule has 0 radical (unpaired) electrons. The van der Waals surface area contributed by atoms with E-state index < -0.39 is 0 Å². The Bertz CT molecular complexity index is 539. The number of pyridine rings is 1. The first-order valence-electron chi connectivity index (χ1n) is 4.83. The fourth-order valence-electron chi connectivity index (χ4n) is 1.26. The predicted octanol–water partition coefficient (Wildman–Crippen LogP) is 1.26. The molecule has 2 aromatic rings. The molecule has 0 aliphatic heterocycles. The molecule has 2 rings (SSSR count). The molecule has 0 aliphatic rings. The number of amides is 1. The number of aromatic nitrogens is 3. The minimum atomic E-state index is -0.215. The summed E-state index contributed by atoms with van der Waals surface area (Å²) in [6.07, 6.45) is 4.68. The second-order valence-corrected chi connectivity index (χ2v) is 4.21. The average molecular weight is 296 g/mol. The van der Waals surface area contributed by atoms with Gasteiger partial charge in [0.05, 0.1) is 16.4 Å². The summed E-state index contributed by atoms with van der Waals surface area (Å²) in [7, 11) is 0. The van der Waals surface area contributed by atoms with Gasteiger partial charge in [0.2, 0.25) is 5.91 Å². The summed E-state index contributed by atoms with van der Waals surface area (Å²) < 4.78 is 2.19. The van der Waals surface area contributed by atoms with E-state index in [-0.39, 0.29) is 12.5 Å². The first kappa shape index (κ1) is 11.6. The summed E-state index contributed by atoms with van der Waals surface area (Å²) in [5, 5.41) is 6.59. The molecule has 17 heavy (non-hydrogen) atoms. The Morgan fingerprint density at radius 2 is 2.41 bits per heavy atom. The van der Waals surface area contributed by atoms with E-state index in [2.05, 4.69) is 31.3 Å². The van der Waals surface area contributed by atoms with Crippen LogP contribution in [0.1, 0.15) is 0 Å². The molecule has 0 spiro atoms. The highest BCUT2D eigenvalue weighted by molar-refractivity contribution is 9.10. The summed E-state index contributed by atoms with van der Waals surface area (Å²) in [6.45, 7) is 0.0974. The Hall–Kier alpha value is -1.89. The smallest absolute Gasteiger partial charge is 0.247 e. The van der Waals surface area contributed by atoms with Crippen LogP contribution in [0.3, 0.4) is 0 Å². The second-order valence-electron chi connectivity index (χ2n) is 3.35. The Balaban J connectivity index is 2.01. The van der Waals surface area contributed by atoms with Gasteiger partial charge >= 0.3 is 0 Å². The van der Waals surface area contributed by atoms with Crippen molar-refractivity contribution in [3.05, 3.63) is 35.2 Å². The van der Waals surface area contributed by atoms with Crippen molar-refractivity contribution in [1.82, 2.24) is 14.8 Å². The standard InChI is InChI=1S/C10H10BrN5O/c11-8-2-1-3-13-10(8)15-9(17)6-16-5-7(12)4-14-16/h1-5H,6,12H2,(H,13,15,17). The van der Waals surface area contributed by atoms with Crippen LogP contribution in [0, 0.1) is 0 Å². The molecule has 0 saturated heterocycles. The van der Waals surface area contributed by atoms with Gasteiger partial charge in [-0.15, -0.1) is 0 Å². The molecule has 6 nitrogen and oxygen atoms in total. The van der Waals surface area contributed by atoms with Crippen molar-refractivity contribution < 1.29 is 4.79 Å². The number of anilines is 2. The number of nitrogens with one attached hydrogen (secondary N) is 1. The minimum absolute atomic E-state index is 0.0974. The quantitative estimate of drug-likeness (QED) is 0.893. The van der Waals surface area contributed by atoms with Crippen LogP contribution in [0.15, 0.2) is 35.2 Å². The first-order valence-corrected chi connectivity index (χ1v) is 5.63. The van der Waals surface area contributed by atoms with Crippen LogP contribution < -0.4 is 11.1 Å². The molecule has 88 valence electrons. The molecule has 0 unspecified atom stereocenters. The van der Waals surface area contributed by atoms with Gasteiger partial charge in [0, 0.05) is 12.4 Å². The maximum Gasteiger partial charge on any atom is 0.247 e. The van der Waals surface area contributed by atoms with Crippen LogP contribution in [0.4, 0.5) is 11.5 Å². The molecule has 1 amide bonds. The SMILES string of the molecule is Nc1cnn(CC(=O)Nc2ncccc2Br)c1. The topological polar surface area (TPSA) is 85.8 Å². The molecule has 0 aliphatic carbocycles. The summed E-state index contributed by atoms with van der Waals surface area (Å²) in [6, 6.07) is 3.57. The number of hydrogen-bond acceptors (Lipinski definition) is 4. The van der Waals surface area contributed by atoms with Gasteiger partial charge in [0.25, 0.3) is 0 Å². The van der Waals surface area contributed by atoms with E-state index in [0.717, 1.165) is 4.47 Å². The number of halogens is 1. The van der Waals surface area contributed by atoms with E-state index in [1.54, 1.807) is 24.5 Å². The maximum atomic E-state index is 11.7. The molecular weight excluding hydrogens is 286 g/mol. The third-order valence-electron chi connectivity index (χ3n) is 1.98. The van der Waals surface area contributed by atoms with Crippen molar-refractivity contribution in [2.45, 2.75) is 6.54 Å². The summed E-state index contributed by atoms with van der Waals surface area (Å²) in [4.78, 5) is 15.7. The number of nitrogen functional groups attached to an aromatic ring is 1. The number of hydrogen-bond donors (Lipinski definition) is 2. The molecule has 2 aromatic heterocycles. The zero-order valence-corrected chi connectivity index (χ0v) is 10.4. The van der Waals surface area contributed by atoms with E-state index in [0.29, 0.717) is 11.5 Å². The molecule has 0 atom stereocenters. The molecular formula is C10H10BrN5O. The Morgan fingerprint density at radius 3 is 3.06 bits per heavy atom. The molecule has 7 heteroatoms. The molecule has 0 bridgehead atoms. The Morgan fingerprint density at radius 1 is 1.59 bits per heavy atom. The molecule has 3 N–H and O–H groups in total. The van der Waals surface area contributed by atoms with E-state index >= 15 is 0 Å². The largest absolute Gasteiger partial charge is 0.396 e. The predicted molar refractivity (Wildman–Crippen MR) is 67.2 cm³/mol. The van der Waals surface area contributed by atoms with Gasteiger partial charge in [-0.05, 0) is 28.1 Å². The van der Waals surface area contributed by atoms with Crippen LogP contribution >= 0.6 is 15.9 Å². The Labute approximate surface area is 106 Å². The van der Waals surface area contributed by atoms with Crippen molar-refractivity contribution in [2.75, 3.05) is 11.1 Å². The fourth-order valence-corrected chi connectivity index (χ4v) is 1.62. The monoisotopic (exact) mass is 295 g/mol. The minimum Gasteiger partial charge on any atom is -0.396 e. The lowest BCUT2D eigenvalue weighted by atomic mass is 10.4. The van der Waals surface area contributed by atoms with Gasteiger partial charge in [-0.3, -0.25) is 9.48 Å². The fraction of sp³-hybridized carbons (Fsp3) is 0.100. The zero-order chi connectivity index (χ0) is 12.3. The normalized spacial score (nSPS) is 10.2. The highest BCUT2D eigenvalue weighted by atomic mass is 79.9. The van der Waals surface area contributed by atoms with Gasteiger partial charge in [0.1, 0.15) is 12.4 Å². The van der Waals surface area contributed by atoms with Crippen molar-refractivity contribution in [2.24, 2.45) is 0 Å². The Kier molecular flexibility index (Phi) is 3.38.